The van der Waals surface area contributed by atoms with Crippen molar-refractivity contribution in [2.75, 3.05) is 20.2 Å². The number of benzene rings is 1. The zero-order valence-electron chi connectivity index (χ0n) is 11.8. The molecule has 102 valence electrons. The van der Waals surface area contributed by atoms with E-state index in [-0.39, 0.29) is 6.61 Å². The number of aliphatic hydroxyl groups excluding tert-OH is 1. The van der Waals surface area contributed by atoms with Gasteiger partial charge in [-0.15, -0.1) is 0 Å². The van der Waals surface area contributed by atoms with Crippen molar-refractivity contribution in [3.8, 4) is 0 Å². The van der Waals surface area contributed by atoms with Crippen LogP contribution in [0.15, 0.2) is 30.3 Å². The molecule has 0 heterocycles. The van der Waals surface area contributed by atoms with Crippen molar-refractivity contribution in [2.24, 2.45) is 5.73 Å². The molecule has 0 aliphatic heterocycles. The Balaban J connectivity index is 2.38. The maximum absolute atomic E-state index is 9.19. The molecule has 0 aliphatic carbocycles. The highest BCUT2D eigenvalue weighted by Gasteiger charge is 2.22. The quantitative estimate of drug-likeness (QED) is 0.773. The Hall–Kier alpha value is -0.900. The molecule has 3 nitrogen and oxygen atoms in total. The van der Waals surface area contributed by atoms with E-state index in [1.54, 1.807) is 0 Å². The first kappa shape index (κ1) is 15.2. The number of hydrogen-bond donors (Lipinski definition) is 2. The molecule has 18 heavy (non-hydrogen) atoms. The Morgan fingerprint density at radius 2 is 1.94 bits per heavy atom. The van der Waals surface area contributed by atoms with Gasteiger partial charge in [0, 0.05) is 18.1 Å². The predicted molar refractivity (Wildman–Crippen MR) is 76.5 cm³/mol. The van der Waals surface area contributed by atoms with Crippen molar-refractivity contribution in [1.29, 1.82) is 0 Å². The summed E-state index contributed by atoms with van der Waals surface area (Å²) < 4.78 is 0. The van der Waals surface area contributed by atoms with Crippen LogP contribution in [0.1, 0.15) is 25.8 Å². The molecule has 3 heteroatoms. The molecular weight excluding hydrogens is 224 g/mol. The van der Waals surface area contributed by atoms with Gasteiger partial charge in [0.15, 0.2) is 0 Å². The van der Waals surface area contributed by atoms with E-state index >= 15 is 0 Å². The van der Waals surface area contributed by atoms with Crippen LogP contribution in [-0.4, -0.2) is 41.8 Å². The molecular formula is C15H26N2O. The fourth-order valence-electron chi connectivity index (χ4n) is 2.07. The molecule has 0 aliphatic rings. The summed E-state index contributed by atoms with van der Waals surface area (Å²) >= 11 is 0. The number of nitrogens with zero attached hydrogens (tertiary/aromatic N) is 1. The van der Waals surface area contributed by atoms with Gasteiger partial charge in [0.1, 0.15) is 0 Å². The smallest absolute Gasteiger partial charge is 0.0609 e. The van der Waals surface area contributed by atoms with Gasteiger partial charge in [-0.2, -0.15) is 0 Å². The molecule has 0 saturated heterocycles. The Morgan fingerprint density at radius 1 is 1.33 bits per heavy atom. The van der Waals surface area contributed by atoms with Gasteiger partial charge < -0.3 is 15.7 Å². The summed E-state index contributed by atoms with van der Waals surface area (Å²) in [5, 5.41) is 9.19. The lowest BCUT2D eigenvalue weighted by atomic mass is 9.95. The minimum atomic E-state index is -0.486. The van der Waals surface area contributed by atoms with E-state index in [9.17, 15) is 5.11 Å². The van der Waals surface area contributed by atoms with Crippen molar-refractivity contribution >= 4 is 0 Å². The lowest BCUT2D eigenvalue weighted by Crippen LogP contribution is -2.46. The normalized spacial score (nSPS) is 16.6. The van der Waals surface area contributed by atoms with Gasteiger partial charge in [-0.05, 0) is 39.3 Å². The van der Waals surface area contributed by atoms with Crippen LogP contribution < -0.4 is 5.73 Å². The Morgan fingerprint density at radius 3 is 2.50 bits per heavy atom. The van der Waals surface area contributed by atoms with Crippen LogP contribution in [0, 0.1) is 0 Å². The molecule has 0 fully saturated rings. The van der Waals surface area contributed by atoms with E-state index in [1.165, 1.54) is 5.56 Å². The van der Waals surface area contributed by atoms with Gasteiger partial charge in [0.2, 0.25) is 0 Å². The van der Waals surface area contributed by atoms with Crippen LogP contribution in [0.2, 0.25) is 0 Å². The SMILES string of the molecule is CC(CC(C)(N)CO)N(C)CCc1ccccc1. The van der Waals surface area contributed by atoms with Gasteiger partial charge in [-0.25, -0.2) is 0 Å². The summed E-state index contributed by atoms with van der Waals surface area (Å²) in [4.78, 5) is 2.30. The van der Waals surface area contributed by atoms with Crippen LogP contribution in [0.25, 0.3) is 0 Å². The van der Waals surface area contributed by atoms with Crippen LogP contribution in [-0.2, 0) is 6.42 Å². The van der Waals surface area contributed by atoms with Crippen LogP contribution >= 0.6 is 0 Å². The van der Waals surface area contributed by atoms with E-state index in [1.807, 2.05) is 13.0 Å². The van der Waals surface area contributed by atoms with Crippen molar-refractivity contribution < 1.29 is 5.11 Å². The van der Waals surface area contributed by atoms with E-state index in [2.05, 4.69) is 43.1 Å². The fourth-order valence-corrected chi connectivity index (χ4v) is 2.07. The van der Waals surface area contributed by atoms with E-state index in [0.29, 0.717) is 6.04 Å². The zero-order chi connectivity index (χ0) is 13.6. The second kappa shape index (κ2) is 6.88. The molecule has 0 bridgehead atoms. The number of nitrogens with two attached hydrogens (primary N) is 1. The molecule has 2 atom stereocenters. The van der Waals surface area contributed by atoms with Crippen molar-refractivity contribution in [3.05, 3.63) is 35.9 Å². The van der Waals surface area contributed by atoms with E-state index in [4.69, 9.17) is 5.73 Å². The highest BCUT2D eigenvalue weighted by molar-refractivity contribution is 5.14. The summed E-state index contributed by atoms with van der Waals surface area (Å²) in [6.07, 6.45) is 1.84. The number of aliphatic hydroxyl groups is 1. The van der Waals surface area contributed by atoms with Gasteiger partial charge >= 0.3 is 0 Å². The summed E-state index contributed by atoms with van der Waals surface area (Å²) in [6.45, 7) is 5.09. The van der Waals surface area contributed by atoms with Gasteiger partial charge in [-0.3, -0.25) is 0 Å². The number of rotatable bonds is 7. The summed E-state index contributed by atoms with van der Waals surface area (Å²) in [7, 11) is 2.11. The molecule has 0 aromatic heterocycles. The first-order valence-corrected chi connectivity index (χ1v) is 6.58. The fraction of sp³-hybridized carbons (Fsp3) is 0.600. The largest absolute Gasteiger partial charge is 0.394 e. The molecule has 0 spiro atoms. The van der Waals surface area contributed by atoms with Crippen molar-refractivity contribution in [1.82, 2.24) is 4.90 Å². The average Bonchev–Trinajstić information content (AvgIpc) is 2.36. The molecule has 0 saturated carbocycles. The van der Waals surface area contributed by atoms with Crippen LogP contribution in [0.5, 0.6) is 0 Å². The Bertz CT molecular complexity index is 338. The molecule has 0 radical (unpaired) electrons. The monoisotopic (exact) mass is 250 g/mol. The van der Waals surface area contributed by atoms with Crippen LogP contribution in [0.4, 0.5) is 0 Å². The average molecular weight is 250 g/mol. The predicted octanol–water partition coefficient (Wildman–Crippen LogP) is 1.65. The second-order valence-corrected chi connectivity index (χ2v) is 5.58. The lowest BCUT2D eigenvalue weighted by Gasteiger charge is -2.31. The summed E-state index contributed by atoms with van der Waals surface area (Å²) in [6, 6.07) is 10.9. The highest BCUT2D eigenvalue weighted by atomic mass is 16.3. The third-order valence-electron chi connectivity index (χ3n) is 3.47. The van der Waals surface area contributed by atoms with Crippen molar-refractivity contribution in [2.45, 2.75) is 38.3 Å². The summed E-state index contributed by atoms with van der Waals surface area (Å²) in [5.74, 6) is 0. The maximum Gasteiger partial charge on any atom is 0.0609 e. The molecule has 2 unspecified atom stereocenters. The second-order valence-electron chi connectivity index (χ2n) is 5.58. The maximum atomic E-state index is 9.19. The molecule has 1 aromatic rings. The number of hydrogen-bond acceptors (Lipinski definition) is 3. The van der Waals surface area contributed by atoms with E-state index < -0.39 is 5.54 Å². The molecule has 3 N–H and O–H groups in total. The number of likely N-dealkylation sites (N-methyl/N-ethyl adjacent to an activating group) is 1. The Kier molecular flexibility index (Phi) is 5.79. The lowest BCUT2D eigenvalue weighted by molar-refractivity contribution is 0.154. The van der Waals surface area contributed by atoms with E-state index in [0.717, 1.165) is 19.4 Å². The van der Waals surface area contributed by atoms with Gasteiger partial charge in [0.05, 0.1) is 6.61 Å². The van der Waals surface area contributed by atoms with Crippen molar-refractivity contribution in [3.63, 3.8) is 0 Å². The molecule has 1 rings (SSSR count). The third kappa shape index (κ3) is 5.17. The minimum absolute atomic E-state index is 0.0316. The standard InChI is InChI=1S/C15H26N2O/c1-13(11-15(2,16)12-18)17(3)10-9-14-7-5-4-6-8-14/h4-8,13,18H,9-12,16H2,1-3H3. The van der Waals surface area contributed by atoms with Crippen LogP contribution in [0.3, 0.4) is 0 Å². The first-order valence-electron chi connectivity index (χ1n) is 6.58. The van der Waals surface area contributed by atoms with Gasteiger partial charge in [-0.1, -0.05) is 30.3 Å². The molecule has 1 aromatic carbocycles. The molecule has 0 amide bonds. The topological polar surface area (TPSA) is 49.5 Å². The summed E-state index contributed by atoms with van der Waals surface area (Å²) in [5.41, 5.74) is 6.86. The third-order valence-corrected chi connectivity index (χ3v) is 3.47. The highest BCUT2D eigenvalue weighted by Crippen LogP contribution is 2.13. The minimum Gasteiger partial charge on any atom is -0.394 e. The first-order chi connectivity index (χ1) is 8.44. The Labute approximate surface area is 111 Å². The zero-order valence-corrected chi connectivity index (χ0v) is 11.8. The van der Waals surface area contributed by atoms with Gasteiger partial charge in [0.25, 0.3) is 0 Å².